The Balaban J connectivity index is 1.99. The number of carbonyl (C=O) groups is 1. The fraction of sp³-hybridized carbons (Fsp3) is 0.545. The number of hydrogen-bond donors (Lipinski definition) is 0. The second-order valence-corrected chi connectivity index (χ2v) is 4.18. The van der Waals surface area contributed by atoms with Gasteiger partial charge in [0, 0.05) is 12.3 Å². The molecule has 2 aliphatic rings. The summed E-state index contributed by atoms with van der Waals surface area (Å²) in [6, 6.07) is 3.71. The van der Waals surface area contributed by atoms with Crippen LogP contribution in [0.15, 0.2) is 18.3 Å². The van der Waals surface area contributed by atoms with E-state index in [-0.39, 0.29) is 5.91 Å². The molecule has 2 heterocycles. The van der Waals surface area contributed by atoms with Crippen LogP contribution in [0.2, 0.25) is 0 Å². The molecule has 0 saturated heterocycles. The lowest BCUT2D eigenvalue weighted by Crippen LogP contribution is -2.43. The smallest absolute Gasteiger partial charge is 0.277 e. The Morgan fingerprint density at radius 3 is 2.79 bits per heavy atom. The van der Waals surface area contributed by atoms with E-state index in [0.29, 0.717) is 0 Å². The minimum absolute atomic E-state index is 0.136. The summed E-state index contributed by atoms with van der Waals surface area (Å²) in [5.41, 5.74) is -0.505. The van der Waals surface area contributed by atoms with Gasteiger partial charge in [-0.2, -0.15) is 0 Å². The Morgan fingerprint density at radius 2 is 2.07 bits per heavy atom. The minimum Gasteiger partial charge on any atom is -0.462 e. The molecule has 0 N–H and O–H groups in total. The van der Waals surface area contributed by atoms with Gasteiger partial charge in [-0.1, -0.05) is 6.42 Å². The lowest BCUT2D eigenvalue weighted by atomic mass is 9.84. The fourth-order valence-corrected chi connectivity index (χ4v) is 2.52. The van der Waals surface area contributed by atoms with Gasteiger partial charge in [-0.05, 0) is 31.7 Å². The summed E-state index contributed by atoms with van der Waals surface area (Å²) in [5.74, 6) is 0.856. The summed E-state index contributed by atoms with van der Waals surface area (Å²) < 4.78 is 7.45. The number of hydrogen-bond acceptors (Lipinski definition) is 2. The molecule has 14 heavy (non-hydrogen) atoms. The van der Waals surface area contributed by atoms with E-state index in [1.54, 1.807) is 10.8 Å². The first-order valence-corrected chi connectivity index (χ1v) is 5.23. The molecular weight excluding hydrogens is 178 g/mol. The maximum absolute atomic E-state index is 12.1. The summed E-state index contributed by atoms with van der Waals surface area (Å²) in [6.07, 6.45) is 7.00. The fourth-order valence-electron chi connectivity index (χ4n) is 2.52. The number of nitrogens with zero attached hydrogens (tertiary/aromatic N) is 1. The zero-order valence-corrected chi connectivity index (χ0v) is 8.03. The summed E-state index contributed by atoms with van der Waals surface area (Å²) in [4.78, 5) is 12.1. The summed E-state index contributed by atoms with van der Waals surface area (Å²) in [7, 11) is 0. The topological polar surface area (TPSA) is 31.2 Å². The molecule has 0 amide bonds. The zero-order valence-electron chi connectivity index (χ0n) is 8.03. The van der Waals surface area contributed by atoms with E-state index in [2.05, 4.69) is 0 Å². The van der Waals surface area contributed by atoms with E-state index in [1.807, 2.05) is 12.1 Å². The molecule has 74 valence electrons. The Hall–Kier alpha value is -1.25. The largest absolute Gasteiger partial charge is 0.462 e. The van der Waals surface area contributed by atoms with Crippen molar-refractivity contribution in [2.75, 3.05) is 0 Å². The predicted molar refractivity (Wildman–Crippen MR) is 51.5 cm³/mol. The highest BCUT2D eigenvalue weighted by atomic mass is 16.5. The average molecular weight is 191 g/mol. The molecular formula is C11H13NO2. The number of ether oxygens (including phenoxy) is 1. The van der Waals surface area contributed by atoms with Gasteiger partial charge in [0.15, 0.2) is 5.60 Å². The Labute approximate surface area is 82.7 Å². The van der Waals surface area contributed by atoms with E-state index >= 15 is 0 Å². The average Bonchev–Trinajstić information content (AvgIpc) is 2.73. The molecule has 3 nitrogen and oxygen atoms in total. The first kappa shape index (κ1) is 8.09. The van der Waals surface area contributed by atoms with Crippen LogP contribution in [0.5, 0.6) is 5.88 Å². The van der Waals surface area contributed by atoms with Gasteiger partial charge in [0.2, 0.25) is 5.88 Å². The van der Waals surface area contributed by atoms with Gasteiger partial charge in [0.1, 0.15) is 0 Å². The van der Waals surface area contributed by atoms with Gasteiger partial charge in [-0.15, -0.1) is 0 Å². The number of rotatable bonds is 0. The van der Waals surface area contributed by atoms with Crippen LogP contribution in [0.4, 0.5) is 0 Å². The Morgan fingerprint density at radius 1 is 1.29 bits per heavy atom. The lowest BCUT2D eigenvalue weighted by Gasteiger charge is -2.29. The maximum Gasteiger partial charge on any atom is 0.277 e. The molecule has 0 unspecified atom stereocenters. The first-order chi connectivity index (χ1) is 6.82. The molecule has 1 spiro atoms. The molecule has 1 fully saturated rings. The van der Waals surface area contributed by atoms with Crippen molar-refractivity contribution in [2.45, 2.75) is 37.7 Å². The molecule has 1 aliphatic carbocycles. The summed E-state index contributed by atoms with van der Waals surface area (Å²) >= 11 is 0. The Kier molecular flexibility index (Phi) is 1.52. The molecule has 0 atom stereocenters. The van der Waals surface area contributed by atoms with Crippen molar-refractivity contribution in [1.82, 2.24) is 4.57 Å². The quantitative estimate of drug-likeness (QED) is 0.629. The van der Waals surface area contributed by atoms with Crippen LogP contribution in [0.25, 0.3) is 0 Å². The molecule has 0 aromatic carbocycles. The molecule has 1 aromatic rings. The summed E-state index contributed by atoms with van der Waals surface area (Å²) in [6.45, 7) is 0. The third-order valence-corrected chi connectivity index (χ3v) is 3.28. The van der Waals surface area contributed by atoms with Gasteiger partial charge in [-0.25, -0.2) is 0 Å². The van der Waals surface area contributed by atoms with Crippen LogP contribution in [0.1, 0.15) is 36.9 Å². The van der Waals surface area contributed by atoms with E-state index in [1.165, 1.54) is 6.42 Å². The van der Waals surface area contributed by atoms with Crippen LogP contribution in [-0.2, 0) is 0 Å². The third-order valence-electron chi connectivity index (χ3n) is 3.28. The highest BCUT2D eigenvalue weighted by molar-refractivity contribution is 5.91. The van der Waals surface area contributed by atoms with Gasteiger partial charge < -0.3 is 4.74 Å². The van der Waals surface area contributed by atoms with Gasteiger partial charge in [-0.3, -0.25) is 9.36 Å². The molecule has 0 radical (unpaired) electrons. The number of fused-ring (bicyclic) bond motifs is 1. The lowest BCUT2D eigenvalue weighted by molar-refractivity contribution is 0.0370. The van der Waals surface area contributed by atoms with Crippen LogP contribution in [0, 0.1) is 0 Å². The van der Waals surface area contributed by atoms with Crippen LogP contribution >= 0.6 is 0 Å². The van der Waals surface area contributed by atoms with Crippen molar-refractivity contribution in [3.8, 4) is 5.88 Å². The van der Waals surface area contributed by atoms with Gasteiger partial charge >= 0.3 is 0 Å². The van der Waals surface area contributed by atoms with Crippen LogP contribution < -0.4 is 4.74 Å². The monoisotopic (exact) mass is 191 g/mol. The van der Waals surface area contributed by atoms with Crippen molar-refractivity contribution < 1.29 is 9.53 Å². The van der Waals surface area contributed by atoms with Crippen molar-refractivity contribution in [3.05, 3.63) is 18.3 Å². The highest BCUT2D eigenvalue weighted by Crippen LogP contribution is 2.39. The third kappa shape index (κ3) is 0.897. The van der Waals surface area contributed by atoms with E-state index in [9.17, 15) is 4.79 Å². The predicted octanol–water partition coefficient (Wildman–Crippen LogP) is 2.22. The van der Waals surface area contributed by atoms with Crippen molar-refractivity contribution in [1.29, 1.82) is 0 Å². The Bertz CT molecular complexity index is 374. The van der Waals surface area contributed by atoms with Crippen molar-refractivity contribution in [3.63, 3.8) is 0 Å². The standard InChI is InChI=1S/C11H13NO2/c13-10-11(6-2-1-3-7-11)14-9-5-4-8-12(9)10/h4-5,8H,1-3,6-7H2. The van der Waals surface area contributed by atoms with E-state index in [0.717, 1.165) is 31.6 Å². The molecule has 3 heteroatoms. The molecule has 1 aromatic heterocycles. The zero-order chi connectivity index (χ0) is 9.60. The van der Waals surface area contributed by atoms with Crippen molar-refractivity contribution in [2.24, 2.45) is 0 Å². The maximum atomic E-state index is 12.1. The molecule has 3 rings (SSSR count). The van der Waals surface area contributed by atoms with Crippen LogP contribution in [0.3, 0.4) is 0 Å². The highest BCUT2D eigenvalue weighted by Gasteiger charge is 2.48. The van der Waals surface area contributed by atoms with Crippen molar-refractivity contribution >= 4 is 5.91 Å². The number of aromatic nitrogens is 1. The van der Waals surface area contributed by atoms with Crippen LogP contribution in [-0.4, -0.2) is 16.1 Å². The first-order valence-electron chi connectivity index (χ1n) is 5.23. The summed E-state index contributed by atoms with van der Waals surface area (Å²) in [5, 5.41) is 0. The van der Waals surface area contributed by atoms with E-state index in [4.69, 9.17) is 4.74 Å². The molecule has 0 bridgehead atoms. The second-order valence-electron chi connectivity index (χ2n) is 4.18. The molecule has 1 saturated carbocycles. The molecule has 1 aliphatic heterocycles. The SMILES string of the molecule is O=C1n2cccc2OC12CCCCC2. The van der Waals surface area contributed by atoms with E-state index < -0.39 is 5.60 Å². The normalized spacial score (nSPS) is 23.6. The van der Waals surface area contributed by atoms with Gasteiger partial charge in [0.05, 0.1) is 0 Å². The van der Waals surface area contributed by atoms with Gasteiger partial charge in [0.25, 0.3) is 5.91 Å². The minimum atomic E-state index is -0.505. The number of carbonyl (C=O) groups excluding carboxylic acids is 1. The second kappa shape index (κ2) is 2.62.